The van der Waals surface area contributed by atoms with Crippen LogP contribution in [-0.4, -0.2) is 35.5 Å². The Bertz CT molecular complexity index is 940. The molecule has 3 aromatic rings. The van der Waals surface area contributed by atoms with Crippen LogP contribution in [-0.2, 0) is 0 Å². The molecule has 0 unspecified atom stereocenters. The highest BCUT2D eigenvalue weighted by molar-refractivity contribution is 9.10. The van der Waals surface area contributed by atoms with Crippen LogP contribution < -0.4 is 16.0 Å². The number of H-pyrrole nitrogens is 1. The molecule has 0 aliphatic carbocycles. The van der Waals surface area contributed by atoms with E-state index in [1.54, 1.807) is 24.5 Å². The van der Waals surface area contributed by atoms with Crippen LogP contribution in [0.25, 0.3) is 11.0 Å². The molecule has 6 nitrogen and oxygen atoms in total. The van der Waals surface area contributed by atoms with Gasteiger partial charge in [-0.3, -0.25) is 4.79 Å². The third kappa shape index (κ3) is 3.08. The fraction of sp³-hybridized carbons (Fsp3) is 0.263. The van der Waals surface area contributed by atoms with Gasteiger partial charge >= 0.3 is 0 Å². The molecular formula is C19H20BrN5O. The minimum absolute atomic E-state index is 0.140. The Morgan fingerprint density at radius 2 is 2.19 bits per heavy atom. The summed E-state index contributed by atoms with van der Waals surface area (Å²) in [4.78, 5) is 22.5. The molecule has 0 saturated carbocycles. The zero-order valence-electron chi connectivity index (χ0n) is 14.2. The first-order valence-corrected chi connectivity index (χ1v) is 9.43. The minimum Gasteiger partial charge on any atom is -0.370 e. The Kier molecular flexibility index (Phi) is 4.65. The second kappa shape index (κ2) is 7.09. The van der Waals surface area contributed by atoms with Gasteiger partial charge in [0.2, 0.25) is 0 Å². The fourth-order valence-corrected chi connectivity index (χ4v) is 4.03. The number of halogens is 1. The third-order valence-corrected chi connectivity index (χ3v) is 5.43. The van der Waals surface area contributed by atoms with Gasteiger partial charge in [-0.2, -0.15) is 0 Å². The molecule has 7 heteroatoms. The smallest absolute Gasteiger partial charge is 0.255 e. The number of carbonyl (C=O) groups excluding carboxylic acids is 1. The number of nitrogens with zero attached hydrogens (tertiary/aromatic N) is 2. The highest BCUT2D eigenvalue weighted by Gasteiger charge is 2.26. The number of amides is 1. The number of aromatic nitrogens is 2. The van der Waals surface area contributed by atoms with Crippen LogP contribution in [0.5, 0.6) is 0 Å². The third-order valence-electron chi connectivity index (χ3n) is 4.85. The Balaban J connectivity index is 1.72. The maximum atomic E-state index is 12.6. The van der Waals surface area contributed by atoms with Crippen molar-refractivity contribution in [2.45, 2.75) is 6.42 Å². The fourth-order valence-electron chi connectivity index (χ4n) is 3.48. The van der Waals surface area contributed by atoms with Gasteiger partial charge in [-0.15, -0.1) is 0 Å². The van der Waals surface area contributed by atoms with Gasteiger partial charge in [-0.25, -0.2) is 4.98 Å². The van der Waals surface area contributed by atoms with E-state index in [-0.39, 0.29) is 5.91 Å². The molecule has 0 radical (unpaired) electrons. The van der Waals surface area contributed by atoms with E-state index < -0.39 is 0 Å². The lowest BCUT2D eigenvalue weighted by atomic mass is 10.1. The van der Waals surface area contributed by atoms with Crippen molar-refractivity contribution in [3.8, 4) is 0 Å². The van der Waals surface area contributed by atoms with E-state index in [0.29, 0.717) is 18.0 Å². The van der Waals surface area contributed by atoms with E-state index in [9.17, 15) is 4.79 Å². The maximum absolute atomic E-state index is 12.6. The summed E-state index contributed by atoms with van der Waals surface area (Å²) in [6.45, 7) is 2.54. The topological polar surface area (TPSA) is 87.0 Å². The van der Waals surface area contributed by atoms with E-state index in [2.05, 4.69) is 36.1 Å². The molecule has 3 heterocycles. The van der Waals surface area contributed by atoms with Gasteiger partial charge in [0, 0.05) is 31.0 Å². The average Bonchev–Trinajstić information content (AvgIpc) is 3.30. The van der Waals surface area contributed by atoms with Gasteiger partial charge in [-0.1, -0.05) is 18.2 Å². The molecule has 0 spiro atoms. The molecule has 1 aliphatic rings. The molecule has 4 rings (SSSR count). The summed E-state index contributed by atoms with van der Waals surface area (Å²) in [5, 5.41) is 3.93. The number of pyridine rings is 1. The molecule has 26 heavy (non-hydrogen) atoms. The molecule has 1 atom stereocenters. The van der Waals surface area contributed by atoms with Gasteiger partial charge in [0.25, 0.3) is 5.91 Å². The largest absolute Gasteiger partial charge is 0.370 e. The summed E-state index contributed by atoms with van der Waals surface area (Å²) in [7, 11) is 0. The number of nitrogens with one attached hydrogen (secondary N) is 2. The van der Waals surface area contributed by atoms with Crippen molar-refractivity contribution >= 4 is 44.2 Å². The van der Waals surface area contributed by atoms with Crippen LogP contribution >= 0.6 is 15.9 Å². The first kappa shape index (κ1) is 17.1. The predicted octanol–water partition coefficient (Wildman–Crippen LogP) is 3.36. The van der Waals surface area contributed by atoms with E-state index in [4.69, 9.17) is 5.73 Å². The number of hydrogen-bond donors (Lipinski definition) is 3. The van der Waals surface area contributed by atoms with Crippen molar-refractivity contribution in [3.05, 3.63) is 52.8 Å². The Morgan fingerprint density at radius 3 is 2.92 bits per heavy atom. The van der Waals surface area contributed by atoms with Gasteiger partial charge in [0.15, 0.2) is 0 Å². The number of benzene rings is 1. The summed E-state index contributed by atoms with van der Waals surface area (Å²) in [6.07, 6.45) is 4.67. The van der Waals surface area contributed by atoms with E-state index in [1.165, 1.54) is 0 Å². The molecule has 1 aliphatic heterocycles. The number of fused-ring (bicyclic) bond motifs is 1. The standard InChI is InChI=1S/C19H20BrN5O/c20-14-9-22-18-16(17(14)25-7-6-12(8-21)11-25)15(10-23-18)24-19(26)13-4-2-1-3-5-13/h1-5,9-10,12H,6-8,11,21H2,(H,22,23)(H,24,26)/t12-/m1/s1. The SMILES string of the molecule is NC[C@H]1CCN(c2c(Br)cnc3[nH]cc(NC(=O)c4ccccc4)c23)C1. The van der Waals surface area contributed by atoms with Crippen LogP contribution in [0, 0.1) is 5.92 Å². The zero-order chi connectivity index (χ0) is 18.1. The lowest BCUT2D eigenvalue weighted by molar-refractivity contribution is 0.102. The van der Waals surface area contributed by atoms with Crippen molar-refractivity contribution in [2.75, 3.05) is 29.9 Å². The van der Waals surface area contributed by atoms with Crippen LogP contribution in [0.1, 0.15) is 16.8 Å². The van der Waals surface area contributed by atoms with Crippen molar-refractivity contribution in [1.82, 2.24) is 9.97 Å². The molecule has 1 amide bonds. The molecule has 4 N–H and O–H groups in total. The van der Waals surface area contributed by atoms with E-state index in [1.807, 2.05) is 18.2 Å². The normalized spacial score (nSPS) is 17.0. The number of nitrogens with two attached hydrogens (primary N) is 1. The summed E-state index contributed by atoms with van der Waals surface area (Å²) in [5.74, 6) is 0.352. The minimum atomic E-state index is -0.140. The van der Waals surface area contributed by atoms with Crippen LogP contribution in [0.2, 0.25) is 0 Å². The predicted molar refractivity (Wildman–Crippen MR) is 108 cm³/mol. The molecule has 1 aromatic carbocycles. The first-order valence-electron chi connectivity index (χ1n) is 8.64. The summed E-state index contributed by atoms with van der Waals surface area (Å²) in [5.41, 5.74) is 9.01. The summed E-state index contributed by atoms with van der Waals surface area (Å²) < 4.78 is 0.914. The first-order chi connectivity index (χ1) is 12.7. The van der Waals surface area contributed by atoms with Crippen molar-refractivity contribution < 1.29 is 4.79 Å². The van der Waals surface area contributed by atoms with Crippen molar-refractivity contribution in [3.63, 3.8) is 0 Å². The maximum Gasteiger partial charge on any atom is 0.255 e. The van der Waals surface area contributed by atoms with Crippen molar-refractivity contribution in [1.29, 1.82) is 0 Å². The van der Waals surface area contributed by atoms with Crippen LogP contribution in [0.4, 0.5) is 11.4 Å². The highest BCUT2D eigenvalue weighted by atomic mass is 79.9. The second-order valence-corrected chi connectivity index (χ2v) is 7.39. The average molecular weight is 414 g/mol. The molecular weight excluding hydrogens is 394 g/mol. The van der Waals surface area contributed by atoms with E-state index >= 15 is 0 Å². The number of hydrogen-bond acceptors (Lipinski definition) is 4. The zero-order valence-corrected chi connectivity index (χ0v) is 15.8. The number of aromatic amines is 1. The van der Waals surface area contributed by atoms with Gasteiger partial charge in [-0.05, 0) is 46.9 Å². The van der Waals surface area contributed by atoms with Gasteiger partial charge in [0.1, 0.15) is 5.65 Å². The highest BCUT2D eigenvalue weighted by Crippen LogP contribution is 2.39. The van der Waals surface area contributed by atoms with Crippen molar-refractivity contribution in [2.24, 2.45) is 11.7 Å². The summed E-state index contributed by atoms with van der Waals surface area (Å²) >= 11 is 3.64. The van der Waals surface area contributed by atoms with E-state index in [0.717, 1.165) is 46.4 Å². The summed E-state index contributed by atoms with van der Waals surface area (Å²) in [6, 6.07) is 9.19. The molecule has 1 fully saturated rings. The molecule has 134 valence electrons. The lowest BCUT2D eigenvalue weighted by Gasteiger charge is -2.21. The Labute approximate surface area is 159 Å². The van der Waals surface area contributed by atoms with Crippen LogP contribution in [0.15, 0.2) is 47.2 Å². The second-order valence-electron chi connectivity index (χ2n) is 6.54. The molecule has 0 bridgehead atoms. The number of rotatable bonds is 4. The Hall–Kier alpha value is -2.38. The van der Waals surface area contributed by atoms with Gasteiger partial charge < -0.3 is 20.9 Å². The number of anilines is 2. The quantitative estimate of drug-likeness (QED) is 0.611. The monoisotopic (exact) mass is 413 g/mol. The van der Waals surface area contributed by atoms with Crippen LogP contribution in [0.3, 0.4) is 0 Å². The molecule has 1 saturated heterocycles. The molecule has 2 aromatic heterocycles. The Morgan fingerprint density at radius 1 is 1.38 bits per heavy atom. The lowest BCUT2D eigenvalue weighted by Crippen LogP contribution is -2.23. The number of carbonyl (C=O) groups is 1. The van der Waals surface area contributed by atoms with Gasteiger partial charge in [0.05, 0.1) is 21.2 Å².